The lowest BCUT2D eigenvalue weighted by molar-refractivity contribution is 0.103. The van der Waals surface area contributed by atoms with Gasteiger partial charge in [-0.2, -0.15) is 0 Å². The number of aromatic nitrogens is 2. The standard InChI is InChI=1S/C47H27ClN2O7/c48-33-19-13-32(14-20-33)43(53)42-40-36(44(54)49(46(40)56)34-21-15-30(16-22-34)38(51)25-11-28-7-3-1-4-8-28)27-37-41(42)47(57)50(45(37)55)35-23-17-31(18-24-35)39(52)26-12-29-9-5-2-6-10-29/h1-27H/b25-11+,26-12+. The second-order valence-electron chi connectivity index (χ2n) is 13.1. The molecule has 0 aliphatic carbocycles. The van der Waals surface area contributed by atoms with Gasteiger partial charge in [0, 0.05) is 27.3 Å². The maximum absolute atomic E-state index is 14.3. The summed E-state index contributed by atoms with van der Waals surface area (Å²) >= 11 is 6.09. The van der Waals surface area contributed by atoms with Gasteiger partial charge in [-0.05, 0) is 102 Å². The number of nitrogens with zero attached hydrogens (tertiary/aromatic N) is 2. The lowest BCUT2D eigenvalue weighted by atomic mass is 9.95. The summed E-state index contributed by atoms with van der Waals surface area (Å²) in [6.07, 6.45) is 6.17. The van der Waals surface area contributed by atoms with Crippen LogP contribution in [-0.4, -0.2) is 26.5 Å². The molecule has 0 atom stereocenters. The van der Waals surface area contributed by atoms with Crippen LogP contribution in [0.1, 0.15) is 47.8 Å². The third-order valence-corrected chi connectivity index (χ3v) is 9.89. The van der Waals surface area contributed by atoms with Crippen molar-refractivity contribution in [3.8, 4) is 11.4 Å². The van der Waals surface area contributed by atoms with Crippen molar-refractivity contribution in [3.63, 3.8) is 0 Å². The number of hydrogen-bond donors (Lipinski definition) is 0. The van der Waals surface area contributed by atoms with Crippen molar-refractivity contribution in [2.45, 2.75) is 0 Å². The Hall–Kier alpha value is -7.62. The smallest absolute Gasteiger partial charge is 0.266 e. The van der Waals surface area contributed by atoms with E-state index in [2.05, 4.69) is 0 Å². The Balaban J connectivity index is 1.24. The molecule has 6 aromatic carbocycles. The summed E-state index contributed by atoms with van der Waals surface area (Å²) in [5.41, 5.74) is -1.26. The van der Waals surface area contributed by atoms with Crippen molar-refractivity contribution in [2.75, 3.05) is 0 Å². The topological polar surface area (TPSA) is 129 Å². The molecule has 0 saturated heterocycles. The summed E-state index contributed by atoms with van der Waals surface area (Å²) in [5.74, 6) is -1.38. The highest BCUT2D eigenvalue weighted by molar-refractivity contribution is 6.31. The van der Waals surface area contributed by atoms with E-state index in [0.717, 1.165) is 20.3 Å². The molecular weight excluding hydrogens is 740 g/mol. The highest BCUT2D eigenvalue weighted by atomic mass is 35.5. The van der Waals surface area contributed by atoms with Gasteiger partial charge in [-0.15, -0.1) is 0 Å². The molecule has 8 rings (SSSR count). The van der Waals surface area contributed by atoms with Gasteiger partial charge in [0.15, 0.2) is 17.3 Å². The van der Waals surface area contributed by atoms with E-state index in [9.17, 15) is 33.6 Å². The number of hydrogen-bond acceptors (Lipinski definition) is 7. The second-order valence-corrected chi connectivity index (χ2v) is 13.6. The Labute approximate surface area is 328 Å². The molecule has 0 N–H and O–H groups in total. The van der Waals surface area contributed by atoms with Gasteiger partial charge in [0.05, 0.1) is 32.9 Å². The van der Waals surface area contributed by atoms with E-state index in [1.165, 1.54) is 91.0 Å². The van der Waals surface area contributed by atoms with E-state index < -0.39 is 33.6 Å². The van der Waals surface area contributed by atoms with Gasteiger partial charge in [0.1, 0.15) is 0 Å². The molecule has 9 nitrogen and oxygen atoms in total. The molecule has 10 heteroatoms. The molecule has 0 aliphatic rings. The Kier molecular flexibility index (Phi) is 9.50. The Morgan fingerprint density at radius 2 is 0.842 bits per heavy atom. The summed E-state index contributed by atoms with van der Waals surface area (Å²) in [4.78, 5) is 96.9. The molecule has 2 heterocycles. The van der Waals surface area contributed by atoms with Gasteiger partial charge in [0.25, 0.3) is 22.2 Å². The normalized spacial score (nSPS) is 11.6. The minimum absolute atomic E-state index is 0.0604. The fourth-order valence-electron chi connectivity index (χ4n) is 6.77. The number of fused-ring (bicyclic) bond motifs is 2. The molecule has 8 aromatic rings. The zero-order valence-corrected chi connectivity index (χ0v) is 30.5. The summed E-state index contributed by atoms with van der Waals surface area (Å²) in [6.45, 7) is 0. The van der Waals surface area contributed by atoms with Crippen LogP contribution in [0.2, 0.25) is 5.02 Å². The Morgan fingerprint density at radius 3 is 1.25 bits per heavy atom. The highest BCUT2D eigenvalue weighted by Gasteiger charge is 2.29. The first-order chi connectivity index (χ1) is 27.6. The van der Waals surface area contributed by atoms with E-state index in [4.69, 9.17) is 11.6 Å². The van der Waals surface area contributed by atoms with Crippen LogP contribution >= 0.6 is 11.6 Å². The second kappa shape index (κ2) is 14.9. The van der Waals surface area contributed by atoms with Crippen LogP contribution < -0.4 is 22.2 Å². The zero-order chi connectivity index (χ0) is 39.8. The molecule has 0 radical (unpaired) electrons. The number of halogens is 1. The monoisotopic (exact) mass is 766 g/mol. The molecule has 57 heavy (non-hydrogen) atoms. The van der Waals surface area contributed by atoms with Crippen molar-refractivity contribution in [2.24, 2.45) is 0 Å². The van der Waals surface area contributed by atoms with Gasteiger partial charge < -0.3 is 0 Å². The molecule has 0 spiro atoms. The molecule has 0 unspecified atom stereocenters. The number of carbonyl (C=O) groups is 3. The SMILES string of the molecule is O=C(/C=C/c1ccccc1)c1ccc(-n2c(=O)c3cc4c(=O)n(-c5ccc(C(=O)/C=C/c6ccccc6)cc5)c(=O)c4c(C(=O)c4ccc(Cl)cc4)c3c2=O)cc1. The van der Waals surface area contributed by atoms with E-state index >= 15 is 0 Å². The maximum atomic E-state index is 14.3. The van der Waals surface area contributed by atoms with Crippen LogP contribution in [0.4, 0.5) is 0 Å². The van der Waals surface area contributed by atoms with Crippen molar-refractivity contribution in [1.29, 1.82) is 0 Å². The Bertz CT molecular complexity index is 2990. The van der Waals surface area contributed by atoms with E-state index in [1.807, 2.05) is 60.7 Å². The maximum Gasteiger partial charge on any atom is 0.266 e. The third-order valence-electron chi connectivity index (χ3n) is 9.64. The van der Waals surface area contributed by atoms with Crippen LogP contribution in [0.5, 0.6) is 0 Å². The minimum atomic E-state index is -0.886. The van der Waals surface area contributed by atoms with Crippen molar-refractivity contribution < 1.29 is 14.4 Å². The van der Waals surface area contributed by atoms with E-state index in [0.29, 0.717) is 16.1 Å². The summed E-state index contributed by atoms with van der Waals surface area (Å²) in [6, 6.07) is 37.1. The molecule has 0 aliphatic heterocycles. The van der Waals surface area contributed by atoms with Gasteiger partial charge in [0.2, 0.25) is 0 Å². The van der Waals surface area contributed by atoms with Crippen molar-refractivity contribution >= 4 is 62.6 Å². The first kappa shape index (κ1) is 36.4. The first-order valence-corrected chi connectivity index (χ1v) is 18.0. The molecular formula is C47H27ClN2O7. The van der Waals surface area contributed by atoms with Crippen LogP contribution in [-0.2, 0) is 0 Å². The lowest BCUT2D eigenvalue weighted by Crippen LogP contribution is -2.25. The fourth-order valence-corrected chi connectivity index (χ4v) is 6.90. The molecule has 274 valence electrons. The lowest BCUT2D eigenvalue weighted by Gasteiger charge is -2.05. The summed E-state index contributed by atoms with van der Waals surface area (Å²) in [5, 5.41) is -0.815. The number of benzene rings is 6. The number of allylic oxidation sites excluding steroid dienone is 2. The van der Waals surface area contributed by atoms with Crippen LogP contribution in [0.3, 0.4) is 0 Å². The summed E-state index contributed by atoms with van der Waals surface area (Å²) < 4.78 is 1.70. The van der Waals surface area contributed by atoms with Crippen LogP contribution in [0, 0.1) is 0 Å². The van der Waals surface area contributed by atoms with Crippen LogP contribution in [0.25, 0.3) is 45.1 Å². The third kappa shape index (κ3) is 6.73. The summed E-state index contributed by atoms with van der Waals surface area (Å²) in [7, 11) is 0. The van der Waals surface area contributed by atoms with E-state index in [1.54, 1.807) is 12.2 Å². The highest BCUT2D eigenvalue weighted by Crippen LogP contribution is 2.27. The van der Waals surface area contributed by atoms with Crippen LogP contribution in [0.15, 0.2) is 171 Å². The number of rotatable bonds is 10. The number of carbonyl (C=O) groups excluding carboxylic acids is 3. The molecule has 0 saturated carbocycles. The van der Waals surface area contributed by atoms with Gasteiger partial charge in [-0.1, -0.05) is 84.4 Å². The molecule has 0 bridgehead atoms. The van der Waals surface area contributed by atoms with Gasteiger partial charge in [-0.25, -0.2) is 9.13 Å². The quantitative estimate of drug-likeness (QED) is 0.104. The fraction of sp³-hybridized carbons (Fsp3) is 0. The predicted octanol–water partition coefficient (Wildman–Crippen LogP) is 7.57. The minimum Gasteiger partial charge on any atom is -0.289 e. The predicted molar refractivity (Wildman–Crippen MR) is 222 cm³/mol. The van der Waals surface area contributed by atoms with E-state index in [-0.39, 0.29) is 50.0 Å². The van der Waals surface area contributed by atoms with Gasteiger partial charge >= 0.3 is 0 Å². The molecule has 0 amide bonds. The number of ketones is 3. The average molecular weight is 767 g/mol. The average Bonchev–Trinajstić information content (AvgIpc) is 3.65. The molecule has 0 fully saturated rings. The van der Waals surface area contributed by atoms with Crippen molar-refractivity contribution in [3.05, 3.63) is 231 Å². The van der Waals surface area contributed by atoms with Gasteiger partial charge in [-0.3, -0.25) is 33.6 Å². The Morgan fingerprint density at radius 1 is 0.456 bits per heavy atom. The first-order valence-electron chi connectivity index (χ1n) is 17.6. The molecule has 2 aromatic heterocycles. The van der Waals surface area contributed by atoms with Crippen molar-refractivity contribution in [1.82, 2.24) is 9.13 Å². The largest absolute Gasteiger partial charge is 0.289 e. The zero-order valence-electron chi connectivity index (χ0n) is 29.7.